The number of nitrogens with one attached hydrogen (secondary N) is 1. The summed E-state index contributed by atoms with van der Waals surface area (Å²) < 4.78 is 0. The normalized spacial score (nSPS) is 12.3. The van der Waals surface area contributed by atoms with E-state index in [0.29, 0.717) is 12.5 Å². The molecule has 0 rings (SSSR count). The van der Waals surface area contributed by atoms with Crippen molar-refractivity contribution in [1.82, 2.24) is 10.2 Å². The van der Waals surface area contributed by atoms with E-state index in [1.165, 1.54) is 0 Å². The molecule has 0 saturated heterocycles. The predicted octanol–water partition coefficient (Wildman–Crippen LogP) is 1.54. The Kier molecular flexibility index (Phi) is 6.53. The Balaban J connectivity index is 3.90. The maximum absolute atomic E-state index is 11.6. The number of carbonyl (C=O) groups excluding carboxylic acids is 1. The van der Waals surface area contributed by atoms with Crippen LogP contribution in [-0.4, -0.2) is 41.6 Å². The molecule has 0 aromatic heterocycles. The summed E-state index contributed by atoms with van der Waals surface area (Å²) in [4.78, 5) is 23.6. The number of urea groups is 1. The number of hydrogen-bond acceptors (Lipinski definition) is 2. The highest BCUT2D eigenvalue weighted by atomic mass is 16.4. The van der Waals surface area contributed by atoms with Gasteiger partial charge in [0.2, 0.25) is 0 Å². The minimum absolute atomic E-state index is 0.0518. The van der Waals surface area contributed by atoms with Crippen molar-refractivity contribution in [3.63, 3.8) is 0 Å². The lowest BCUT2D eigenvalue weighted by molar-refractivity contribution is -0.137. The number of amides is 2. The molecule has 16 heavy (non-hydrogen) atoms. The van der Waals surface area contributed by atoms with Gasteiger partial charge < -0.3 is 15.3 Å². The van der Waals surface area contributed by atoms with Crippen LogP contribution in [0.5, 0.6) is 0 Å². The van der Waals surface area contributed by atoms with Gasteiger partial charge in [-0.15, -0.1) is 0 Å². The van der Waals surface area contributed by atoms with Crippen molar-refractivity contribution in [2.45, 2.75) is 39.7 Å². The van der Waals surface area contributed by atoms with E-state index >= 15 is 0 Å². The first-order valence-corrected chi connectivity index (χ1v) is 5.56. The zero-order valence-electron chi connectivity index (χ0n) is 10.5. The fraction of sp³-hybridized carbons (Fsp3) is 0.818. The minimum Gasteiger partial charge on any atom is -0.481 e. The van der Waals surface area contributed by atoms with E-state index in [1.807, 2.05) is 0 Å². The number of nitrogens with zero attached hydrogens (tertiary/aromatic N) is 1. The summed E-state index contributed by atoms with van der Waals surface area (Å²) in [6.07, 6.45) is 0.890. The summed E-state index contributed by atoms with van der Waals surface area (Å²) in [6.45, 7) is 6.56. The van der Waals surface area contributed by atoms with Gasteiger partial charge in [-0.2, -0.15) is 0 Å². The quantitative estimate of drug-likeness (QED) is 0.727. The molecule has 0 aliphatic heterocycles. The highest BCUT2D eigenvalue weighted by molar-refractivity contribution is 5.75. The lowest BCUT2D eigenvalue weighted by Crippen LogP contribution is -2.43. The smallest absolute Gasteiger partial charge is 0.317 e. The zero-order chi connectivity index (χ0) is 12.7. The molecule has 0 fully saturated rings. The van der Waals surface area contributed by atoms with Crippen LogP contribution in [0.25, 0.3) is 0 Å². The third kappa shape index (κ3) is 7.09. The summed E-state index contributed by atoms with van der Waals surface area (Å²) in [5, 5.41) is 11.2. The number of carbonyl (C=O) groups is 2. The largest absolute Gasteiger partial charge is 0.481 e. The molecule has 1 atom stereocenters. The first-order valence-electron chi connectivity index (χ1n) is 5.56. The van der Waals surface area contributed by atoms with Crippen LogP contribution in [0, 0.1) is 5.92 Å². The lowest BCUT2D eigenvalue weighted by Gasteiger charge is -2.21. The Morgan fingerprint density at radius 2 is 1.88 bits per heavy atom. The van der Waals surface area contributed by atoms with Crippen LogP contribution in [0.2, 0.25) is 0 Å². The van der Waals surface area contributed by atoms with Gasteiger partial charge in [-0.25, -0.2) is 4.79 Å². The Labute approximate surface area is 96.8 Å². The van der Waals surface area contributed by atoms with E-state index in [4.69, 9.17) is 5.11 Å². The van der Waals surface area contributed by atoms with Crippen molar-refractivity contribution in [3.8, 4) is 0 Å². The number of carboxylic acids is 1. The Hall–Kier alpha value is -1.26. The molecule has 5 heteroatoms. The molecule has 2 N–H and O–H groups in total. The maximum Gasteiger partial charge on any atom is 0.317 e. The summed E-state index contributed by atoms with van der Waals surface area (Å²) in [6, 6.07) is -0.555. The molecule has 0 bridgehead atoms. The van der Waals surface area contributed by atoms with E-state index in [2.05, 4.69) is 19.2 Å². The Morgan fingerprint density at radius 3 is 2.31 bits per heavy atom. The molecule has 0 spiro atoms. The minimum atomic E-state index is -0.905. The van der Waals surface area contributed by atoms with Crippen LogP contribution in [0.3, 0.4) is 0 Å². The van der Waals surface area contributed by atoms with E-state index in [9.17, 15) is 9.59 Å². The third-order valence-electron chi connectivity index (χ3n) is 2.24. The van der Waals surface area contributed by atoms with Crippen LogP contribution in [-0.2, 0) is 4.79 Å². The molecule has 0 heterocycles. The molecular formula is C11H22N2O3. The number of hydrogen-bond donors (Lipinski definition) is 2. The molecule has 0 aromatic rings. The lowest BCUT2D eigenvalue weighted by atomic mass is 10.1. The molecule has 0 radical (unpaired) electrons. The Morgan fingerprint density at radius 1 is 1.31 bits per heavy atom. The van der Waals surface area contributed by atoms with Gasteiger partial charge in [0.25, 0.3) is 0 Å². The molecule has 0 aliphatic rings. The van der Waals surface area contributed by atoms with Gasteiger partial charge in [-0.3, -0.25) is 4.79 Å². The van der Waals surface area contributed by atoms with E-state index < -0.39 is 5.97 Å². The van der Waals surface area contributed by atoms with Gasteiger partial charge in [0.1, 0.15) is 0 Å². The summed E-state index contributed by atoms with van der Waals surface area (Å²) in [5.74, 6) is -0.357. The predicted molar refractivity (Wildman–Crippen MR) is 62.3 cm³/mol. The second kappa shape index (κ2) is 7.09. The zero-order valence-corrected chi connectivity index (χ0v) is 10.5. The van der Waals surface area contributed by atoms with Crippen LogP contribution in [0.1, 0.15) is 33.6 Å². The van der Waals surface area contributed by atoms with Gasteiger partial charge in [-0.05, 0) is 19.3 Å². The van der Waals surface area contributed by atoms with Crippen LogP contribution >= 0.6 is 0 Å². The fourth-order valence-corrected chi connectivity index (χ4v) is 1.19. The maximum atomic E-state index is 11.6. The van der Waals surface area contributed by atoms with Crippen molar-refractivity contribution >= 4 is 12.0 Å². The molecule has 2 amide bonds. The Bertz CT molecular complexity index is 241. The van der Waals surface area contributed by atoms with Crippen molar-refractivity contribution in [2.75, 3.05) is 13.6 Å². The number of rotatable bonds is 6. The number of carboxylic acid groups (broad SMARTS) is 1. The first kappa shape index (κ1) is 14.7. The van der Waals surface area contributed by atoms with Crippen LogP contribution < -0.4 is 5.32 Å². The first-order chi connectivity index (χ1) is 7.32. The average molecular weight is 230 g/mol. The summed E-state index contributed by atoms with van der Waals surface area (Å²) in [7, 11) is 1.71. The van der Waals surface area contributed by atoms with Gasteiger partial charge in [0.05, 0.1) is 6.42 Å². The standard InChI is InChI=1S/C11H22N2O3/c1-8(2)5-6-13(4)11(16)12-9(3)7-10(14)15/h8-9H,5-7H2,1-4H3,(H,12,16)(H,14,15). The molecule has 0 aromatic carbocycles. The number of aliphatic carboxylic acids is 1. The van der Waals surface area contributed by atoms with Gasteiger partial charge in [0.15, 0.2) is 0 Å². The molecule has 0 aliphatic carbocycles. The molecular weight excluding hydrogens is 208 g/mol. The summed E-state index contributed by atoms with van der Waals surface area (Å²) in [5.41, 5.74) is 0. The highest BCUT2D eigenvalue weighted by Crippen LogP contribution is 2.01. The van der Waals surface area contributed by atoms with E-state index in [-0.39, 0.29) is 18.5 Å². The van der Waals surface area contributed by atoms with Crippen molar-refractivity contribution in [2.24, 2.45) is 5.92 Å². The SMILES string of the molecule is CC(C)CCN(C)C(=O)NC(C)CC(=O)O. The molecule has 94 valence electrons. The van der Waals surface area contributed by atoms with E-state index in [0.717, 1.165) is 6.42 Å². The highest BCUT2D eigenvalue weighted by Gasteiger charge is 2.14. The second-order valence-corrected chi connectivity index (χ2v) is 4.55. The van der Waals surface area contributed by atoms with Crippen molar-refractivity contribution in [1.29, 1.82) is 0 Å². The van der Waals surface area contributed by atoms with E-state index in [1.54, 1.807) is 18.9 Å². The second-order valence-electron chi connectivity index (χ2n) is 4.55. The van der Waals surface area contributed by atoms with Gasteiger partial charge in [-0.1, -0.05) is 13.8 Å². The van der Waals surface area contributed by atoms with Gasteiger partial charge in [0, 0.05) is 19.6 Å². The van der Waals surface area contributed by atoms with Crippen LogP contribution in [0.15, 0.2) is 0 Å². The topological polar surface area (TPSA) is 69.6 Å². The molecule has 5 nitrogen and oxygen atoms in total. The van der Waals surface area contributed by atoms with Gasteiger partial charge >= 0.3 is 12.0 Å². The average Bonchev–Trinajstić information content (AvgIpc) is 2.12. The monoisotopic (exact) mass is 230 g/mol. The van der Waals surface area contributed by atoms with Crippen LogP contribution in [0.4, 0.5) is 4.79 Å². The fourth-order valence-electron chi connectivity index (χ4n) is 1.19. The third-order valence-corrected chi connectivity index (χ3v) is 2.24. The van der Waals surface area contributed by atoms with Crippen molar-refractivity contribution < 1.29 is 14.7 Å². The summed E-state index contributed by atoms with van der Waals surface area (Å²) >= 11 is 0. The van der Waals surface area contributed by atoms with Crippen molar-refractivity contribution in [3.05, 3.63) is 0 Å². The molecule has 0 saturated carbocycles. The molecule has 1 unspecified atom stereocenters.